The van der Waals surface area contributed by atoms with E-state index in [1.807, 2.05) is 30.3 Å². The van der Waals surface area contributed by atoms with E-state index in [-0.39, 0.29) is 0 Å². The maximum Gasteiger partial charge on any atom is 0.152 e. The Morgan fingerprint density at radius 3 is 2.61 bits per heavy atom. The fraction of sp³-hybridized carbons (Fsp3) is 0.200. The van der Waals surface area contributed by atoms with Gasteiger partial charge in [0.2, 0.25) is 0 Å². The van der Waals surface area contributed by atoms with Gasteiger partial charge < -0.3 is 0 Å². The molecule has 0 aliphatic rings. The van der Waals surface area contributed by atoms with Crippen molar-refractivity contribution in [2.75, 3.05) is 0 Å². The molecule has 0 saturated carbocycles. The van der Waals surface area contributed by atoms with Crippen LogP contribution in [0.3, 0.4) is 0 Å². The fourth-order valence-corrected chi connectivity index (χ4v) is 2.06. The summed E-state index contributed by atoms with van der Waals surface area (Å²) in [6.45, 7) is 6.50. The number of aldehydes is 1. The van der Waals surface area contributed by atoms with Crippen molar-refractivity contribution < 1.29 is 4.79 Å². The van der Waals surface area contributed by atoms with Gasteiger partial charge in [0.15, 0.2) is 6.29 Å². The molecule has 0 unspecified atom stereocenters. The summed E-state index contributed by atoms with van der Waals surface area (Å²) in [5.41, 5.74) is 5.28. The summed E-state index contributed by atoms with van der Waals surface area (Å²) >= 11 is 0. The molecule has 0 fully saturated rings. The summed E-state index contributed by atoms with van der Waals surface area (Å²) in [6, 6.07) is 9.61. The second-order valence-electron chi connectivity index (χ2n) is 5.24. The van der Waals surface area contributed by atoms with Crippen LogP contribution in [0, 0.1) is 11.5 Å². The van der Waals surface area contributed by atoms with E-state index in [0.29, 0.717) is 11.3 Å². The maximum atomic E-state index is 11.1. The fourth-order valence-electron chi connectivity index (χ4n) is 1.57. The van der Waals surface area contributed by atoms with Crippen LogP contribution in [0.4, 0.5) is 0 Å². The molecule has 90 valence electrons. The molecule has 0 amide bonds. The highest BCUT2D eigenvalue weighted by Gasteiger charge is 2.09. The van der Waals surface area contributed by atoms with Crippen LogP contribution in [0.2, 0.25) is 19.6 Å². The average Bonchev–Trinajstić information content (AvgIpc) is 2.34. The van der Waals surface area contributed by atoms with Crippen molar-refractivity contribution in [2.24, 2.45) is 0 Å². The second kappa shape index (κ2) is 4.75. The molecule has 1 aromatic heterocycles. The van der Waals surface area contributed by atoms with Crippen LogP contribution in [-0.4, -0.2) is 19.3 Å². The Bertz CT molecular complexity index is 659. The smallest absolute Gasteiger partial charge is 0.152 e. The molecule has 0 spiro atoms. The highest BCUT2D eigenvalue weighted by molar-refractivity contribution is 6.83. The van der Waals surface area contributed by atoms with E-state index in [4.69, 9.17) is 0 Å². The van der Waals surface area contributed by atoms with Crippen molar-refractivity contribution in [3.05, 3.63) is 41.6 Å². The lowest BCUT2D eigenvalue weighted by molar-refractivity contribution is 0.112. The van der Waals surface area contributed by atoms with Gasteiger partial charge >= 0.3 is 0 Å². The molecule has 3 heteroatoms. The monoisotopic (exact) mass is 253 g/mol. The van der Waals surface area contributed by atoms with E-state index in [1.54, 1.807) is 0 Å². The lowest BCUT2D eigenvalue weighted by Gasteiger charge is -2.04. The van der Waals surface area contributed by atoms with Crippen LogP contribution < -0.4 is 0 Å². The second-order valence-corrected chi connectivity index (χ2v) is 9.99. The number of pyridine rings is 1. The lowest BCUT2D eigenvalue weighted by Crippen LogP contribution is -2.16. The van der Waals surface area contributed by atoms with Gasteiger partial charge in [-0.25, -0.2) is 4.98 Å². The highest BCUT2D eigenvalue weighted by atomic mass is 28.3. The van der Waals surface area contributed by atoms with E-state index in [0.717, 1.165) is 17.2 Å². The topological polar surface area (TPSA) is 30.0 Å². The number of carbonyl (C=O) groups excluding carboxylic acids is 1. The first-order valence-electron chi connectivity index (χ1n) is 5.88. The summed E-state index contributed by atoms with van der Waals surface area (Å²) in [6.07, 6.45) is 0.827. The first-order valence-corrected chi connectivity index (χ1v) is 9.38. The molecule has 0 radical (unpaired) electrons. The van der Waals surface area contributed by atoms with Crippen molar-refractivity contribution in [1.29, 1.82) is 0 Å². The predicted octanol–water partition coefficient (Wildman–Crippen LogP) is 3.28. The average molecular weight is 253 g/mol. The molecule has 0 bridgehead atoms. The number of carbonyl (C=O) groups is 1. The van der Waals surface area contributed by atoms with Crippen molar-refractivity contribution in [1.82, 2.24) is 4.98 Å². The Morgan fingerprint density at radius 1 is 1.22 bits per heavy atom. The third-order valence-electron chi connectivity index (χ3n) is 2.44. The van der Waals surface area contributed by atoms with Crippen LogP contribution >= 0.6 is 0 Å². The van der Waals surface area contributed by atoms with Gasteiger partial charge in [-0.15, -0.1) is 5.54 Å². The van der Waals surface area contributed by atoms with Gasteiger partial charge in [0.05, 0.1) is 5.52 Å². The summed E-state index contributed by atoms with van der Waals surface area (Å²) in [5, 5.41) is 0.971. The van der Waals surface area contributed by atoms with E-state index < -0.39 is 8.07 Å². The molecule has 18 heavy (non-hydrogen) atoms. The van der Waals surface area contributed by atoms with Crippen LogP contribution in [0.1, 0.15) is 16.1 Å². The van der Waals surface area contributed by atoms with Crippen molar-refractivity contribution >= 4 is 25.3 Å². The Balaban J connectivity index is 2.61. The van der Waals surface area contributed by atoms with E-state index in [9.17, 15) is 4.79 Å². The van der Waals surface area contributed by atoms with Crippen molar-refractivity contribution in [3.63, 3.8) is 0 Å². The third kappa shape index (κ3) is 2.85. The first-order chi connectivity index (χ1) is 8.49. The van der Waals surface area contributed by atoms with Gasteiger partial charge in [0, 0.05) is 10.9 Å². The molecule has 0 N–H and O–H groups in total. The number of nitrogens with zero attached hydrogens (tertiary/aromatic N) is 1. The zero-order chi connectivity index (χ0) is 13.2. The molecule has 0 atom stereocenters. The van der Waals surface area contributed by atoms with Crippen molar-refractivity contribution in [3.8, 4) is 11.5 Å². The number of rotatable bonds is 1. The van der Waals surface area contributed by atoms with Gasteiger partial charge in [-0.3, -0.25) is 4.79 Å². The molecular weight excluding hydrogens is 238 g/mol. The SMILES string of the molecule is C[Si](C)(C)C#Cc1nc2ccccc2cc1C=O. The van der Waals surface area contributed by atoms with E-state index >= 15 is 0 Å². The summed E-state index contributed by atoms with van der Waals surface area (Å²) in [4.78, 5) is 15.6. The van der Waals surface area contributed by atoms with Gasteiger partial charge in [-0.2, -0.15) is 0 Å². The Labute approximate surface area is 108 Å². The number of benzene rings is 1. The molecule has 2 rings (SSSR count). The van der Waals surface area contributed by atoms with Crippen LogP contribution in [0.5, 0.6) is 0 Å². The molecule has 1 heterocycles. The highest BCUT2D eigenvalue weighted by Crippen LogP contribution is 2.15. The number of hydrogen-bond acceptors (Lipinski definition) is 2. The van der Waals surface area contributed by atoms with E-state index in [1.165, 1.54) is 0 Å². The lowest BCUT2D eigenvalue weighted by atomic mass is 10.1. The summed E-state index contributed by atoms with van der Waals surface area (Å²) < 4.78 is 0. The summed E-state index contributed by atoms with van der Waals surface area (Å²) in [5.74, 6) is 3.07. The van der Waals surface area contributed by atoms with Crippen molar-refractivity contribution in [2.45, 2.75) is 19.6 Å². The van der Waals surface area contributed by atoms with E-state index in [2.05, 4.69) is 36.1 Å². The van der Waals surface area contributed by atoms with Gasteiger partial charge in [0.25, 0.3) is 0 Å². The van der Waals surface area contributed by atoms with Gasteiger partial charge in [0.1, 0.15) is 13.8 Å². The predicted molar refractivity (Wildman–Crippen MR) is 77.4 cm³/mol. The molecule has 2 nitrogen and oxygen atoms in total. The number of aromatic nitrogens is 1. The van der Waals surface area contributed by atoms with Crippen LogP contribution in [0.25, 0.3) is 10.9 Å². The zero-order valence-corrected chi connectivity index (χ0v) is 11.8. The van der Waals surface area contributed by atoms with Gasteiger partial charge in [-0.05, 0) is 12.1 Å². The summed E-state index contributed by atoms with van der Waals surface area (Å²) in [7, 11) is -1.46. The van der Waals surface area contributed by atoms with Gasteiger partial charge in [-0.1, -0.05) is 43.8 Å². The minimum atomic E-state index is -1.46. The quantitative estimate of drug-likeness (QED) is 0.443. The standard InChI is InChI=1S/C15H15NOSi/c1-18(2,3)9-8-15-13(11-17)10-12-6-4-5-7-14(12)16-15/h4-7,10-11H,1-3H3. The Hall–Kier alpha value is -1.92. The maximum absolute atomic E-state index is 11.1. The molecule has 0 aliphatic heterocycles. The number of para-hydroxylation sites is 1. The Morgan fingerprint density at radius 2 is 1.94 bits per heavy atom. The minimum absolute atomic E-state index is 0.569. The largest absolute Gasteiger partial charge is 0.298 e. The Kier molecular flexibility index (Phi) is 3.31. The molecule has 0 saturated heterocycles. The molecule has 2 aromatic rings. The first kappa shape index (κ1) is 12.5. The van der Waals surface area contributed by atoms with Crippen LogP contribution in [0.15, 0.2) is 30.3 Å². The minimum Gasteiger partial charge on any atom is -0.298 e. The number of fused-ring (bicyclic) bond motifs is 1. The molecule has 0 aliphatic carbocycles. The zero-order valence-electron chi connectivity index (χ0n) is 10.8. The normalized spacial score (nSPS) is 10.8. The van der Waals surface area contributed by atoms with Crippen LogP contribution in [-0.2, 0) is 0 Å². The molecule has 1 aromatic carbocycles. The third-order valence-corrected chi connectivity index (χ3v) is 3.31. The number of hydrogen-bond donors (Lipinski definition) is 0. The molecular formula is C15H15NOSi.